The van der Waals surface area contributed by atoms with Gasteiger partial charge in [0.1, 0.15) is 6.54 Å². The van der Waals surface area contributed by atoms with Gasteiger partial charge in [-0.3, -0.25) is 18.3 Å². The fourth-order valence-corrected chi connectivity index (χ4v) is 5.03. The van der Waals surface area contributed by atoms with E-state index in [0.717, 1.165) is 30.4 Å². The third-order valence-corrected chi connectivity index (χ3v) is 6.66. The number of rotatable bonds is 5. The molecule has 0 unspecified atom stereocenters. The summed E-state index contributed by atoms with van der Waals surface area (Å²) in [5.41, 5.74) is -0.112. The lowest BCUT2D eigenvalue weighted by atomic mass is 9.91. The van der Waals surface area contributed by atoms with Crippen molar-refractivity contribution in [2.24, 2.45) is 5.92 Å². The molecular formula is C21H25N3O3S. The Bertz CT molecular complexity index is 961. The molecule has 1 aliphatic carbocycles. The minimum absolute atomic E-state index is 0.00899. The molecule has 0 radical (unpaired) electrons. The third kappa shape index (κ3) is 4.19. The molecule has 6 nitrogen and oxygen atoms in total. The number of carbonyl (C=O) groups excluding carboxylic acids is 2. The molecule has 2 aliphatic rings. The molecule has 1 saturated heterocycles. The standard InChI is InChI=1S/C21H25N3O3S/c25-19(12-15-6-2-1-3-7-15)22-16-10-11-23(13-16)20(26)14-24-21(27)17-8-4-5-9-18(17)28-24/h1-2,4-5,8-9,15-16H,3,6-7,10-14H2,(H,22,25)/t15-,16-/m1/s1. The van der Waals surface area contributed by atoms with Crippen LogP contribution >= 0.6 is 11.5 Å². The zero-order chi connectivity index (χ0) is 19.5. The second-order valence-corrected chi connectivity index (χ2v) is 8.74. The summed E-state index contributed by atoms with van der Waals surface area (Å²) >= 11 is 1.32. The zero-order valence-electron chi connectivity index (χ0n) is 15.8. The number of likely N-dealkylation sites (tertiary alicyclic amines) is 1. The predicted molar refractivity (Wildman–Crippen MR) is 110 cm³/mol. The minimum atomic E-state index is -0.112. The molecule has 2 heterocycles. The van der Waals surface area contributed by atoms with Crippen molar-refractivity contribution in [3.05, 3.63) is 46.8 Å². The Morgan fingerprint density at radius 2 is 2.04 bits per heavy atom. The highest BCUT2D eigenvalue weighted by Crippen LogP contribution is 2.22. The molecule has 7 heteroatoms. The fraction of sp³-hybridized carbons (Fsp3) is 0.476. The van der Waals surface area contributed by atoms with Gasteiger partial charge >= 0.3 is 0 Å². The van der Waals surface area contributed by atoms with Crippen molar-refractivity contribution in [3.8, 4) is 0 Å². The van der Waals surface area contributed by atoms with Crippen molar-refractivity contribution >= 4 is 33.4 Å². The van der Waals surface area contributed by atoms with Gasteiger partial charge in [-0.25, -0.2) is 0 Å². The summed E-state index contributed by atoms with van der Waals surface area (Å²) in [7, 11) is 0. The average molecular weight is 400 g/mol. The van der Waals surface area contributed by atoms with Crippen molar-refractivity contribution in [1.82, 2.24) is 14.2 Å². The lowest BCUT2D eigenvalue weighted by Gasteiger charge is -2.20. The van der Waals surface area contributed by atoms with E-state index in [9.17, 15) is 14.4 Å². The molecule has 1 aromatic heterocycles. The molecule has 2 atom stereocenters. The monoisotopic (exact) mass is 399 g/mol. The second-order valence-electron chi connectivity index (χ2n) is 7.68. The van der Waals surface area contributed by atoms with E-state index in [2.05, 4.69) is 17.5 Å². The van der Waals surface area contributed by atoms with E-state index in [4.69, 9.17) is 0 Å². The van der Waals surface area contributed by atoms with Crippen LogP contribution in [0.5, 0.6) is 0 Å². The topological polar surface area (TPSA) is 71.4 Å². The summed E-state index contributed by atoms with van der Waals surface area (Å²) in [6.45, 7) is 1.21. The molecule has 1 aliphatic heterocycles. The number of amides is 2. The summed E-state index contributed by atoms with van der Waals surface area (Å²) in [5.74, 6) is 0.451. The number of hydrogen-bond acceptors (Lipinski definition) is 4. The first kappa shape index (κ1) is 18.9. The van der Waals surface area contributed by atoms with E-state index in [1.807, 2.05) is 18.2 Å². The number of nitrogens with one attached hydrogen (secondary N) is 1. The van der Waals surface area contributed by atoms with Gasteiger partial charge in [-0.15, -0.1) is 0 Å². The molecule has 2 amide bonds. The van der Waals surface area contributed by atoms with Crippen molar-refractivity contribution in [2.45, 2.75) is 44.7 Å². The van der Waals surface area contributed by atoms with Crippen LogP contribution in [-0.4, -0.2) is 39.8 Å². The van der Waals surface area contributed by atoms with Crippen molar-refractivity contribution in [1.29, 1.82) is 0 Å². The van der Waals surface area contributed by atoms with Crippen LogP contribution in [0.4, 0.5) is 0 Å². The van der Waals surface area contributed by atoms with Gasteiger partial charge in [-0.2, -0.15) is 0 Å². The van der Waals surface area contributed by atoms with Crippen LogP contribution in [0.2, 0.25) is 0 Å². The smallest absolute Gasteiger partial charge is 0.268 e. The van der Waals surface area contributed by atoms with Crippen molar-refractivity contribution in [2.75, 3.05) is 13.1 Å². The zero-order valence-corrected chi connectivity index (χ0v) is 16.6. The van der Waals surface area contributed by atoms with E-state index in [0.29, 0.717) is 30.8 Å². The van der Waals surface area contributed by atoms with Crippen molar-refractivity contribution < 1.29 is 9.59 Å². The largest absolute Gasteiger partial charge is 0.352 e. The maximum atomic E-state index is 12.6. The maximum absolute atomic E-state index is 12.6. The van der Waals surface area contributed by atoms with E-state index >= 15 is 0 Å². The quantitative estimate of drug-likeness (QED) is 0.786. The molecular weight excluding hydrogens is 374 g/mol. The van der Waals surface area contributed by atoms with Gasteiger partial charge in [0.25, 0.3) is 5.56 Å². The number of allylic oxidation sites excluding steroid dienone is 2. The Hall–Kier alpha value is -2.41. The lowest BCUT2D eigenvalue weighted by Crippen LogP contribution is -2.40. The Balaban J connectivity index is 1.30. The normalized spacial score (nSPS) is 21.9. The third-order valence-electron chi connectivity index (χ3n) is 5.59. The van der Waals surface area contributed by atoms with Crippen LogP contribution < -0.4 is 10.9 Å². The number of aromatic nitrogens is 1. The van der Waals surface area contributed by atoms with Crippen LogP contribution in [0.25, 0.3) is 10.1 Å². The molecule has 1 aromatic carbocycles. The van der Waals surface area contributed by atoms with Gasteiger partial charge in [-0.1, -0.05) is 35.8 Å². The summed E-state index contributed by atoms with van der Waals surface area (Å²) in [6, 6.07) is 7.42. The van der Waals surface area contributed by atoms with Gasteiger partial charge in [0.2, 0.25) is 11.8 Å². The number of fused-ring (bicyclic) bond motifs is 1. The van der Waals surface area contributed by atoms with Crippen LogP contribution in [0, 0.1) is 5.92 Å². The highest BCUT2D eigenvalue weighted by molar-refractivity contribution is 7.13. The molecule has 0 bridgehead atoms. The highest BCUT2D eigenvalue weighted by atomic mass is 32.1. The first-order valence-corrected chi connectivity index (χ1v) is 10.7. The van der Waals surface area contributed by atoms with Crippen LogP contribution in [0.1, 0.15) is 32.1 Å². The molecule has 1 fully saturated rings. The molecule has 148 valence electrons. The van der Waals surface area contributed by atoms with Gasteiger partial charge in [0.15, 0.2) is 0 Å². The first-order chi connectivity index (χ1) is 13.6. The second kappa shape index (κ2) is 8.31. The number of benzene rings is 1. The highest BCUT2D eigenvalue weighted by Gasteiger charge is 2.28. The van der Waals surface area contributed by atoms with Gasteiger partial charge in [0, 0.05) is 25.6 Å². The molecule has 2 aromatic rings. The van der Waals surface area contributed by atoms with Crippen molar-refractivity contribution in [3.63, 3.8) is 0 Å². The maximum Gasteiger partial charge on any atom is 0.268 e. The van der Waals surface area contributed by atoms with Crippen LogP contribution in [0.15, 0.2) is 41.2 Å². The SMILES string of the molecule is O=C(C[C@@H]1CC=CCC1)N[C@@H]1CCN(C(=O)Cn2sc3ccccc3c2=O)C1. The fourth-order valence-electron chi connectivity index (χ4n) is 4.04. The van der Waals surface area contributed by atoms with Gasteiger partial charge in [-0.05, 0) is 43.7 Å². The first-order valence-electron chi connectivity index (χ1n) is 9.91. The predicted octanol–water partition coefficient (Wildman–Crippen LogP) is 2.53. The molecule has 4 rings (SSSR count). The number of nitrogens with zero attached hydrogens (tertiary/aromatic N) is 2. The molecule has 0 spiro atoms. The van der Waals surface area contributed by atoms with E-state index in [1.165, 1.54) is 15.5 Å². The van der Waals surface area contributed by atoms with Gasteiger partial charge in [0.05, 0.1) is 10.1 Å². The Morgan fingerprint density at radius 1 is 1.18 bits per heavy atom. The number of carbonyl (C=O) groups is 2. The van der Waals surface area contributed by atoms with Crippen LogP contribution in [0.3, 0.4) is 0 Å². The van der Waals surface area contributed by atoms with Crippen LogP contribution in [-0.2, 0) is 16.1 Å². The van der Waals surface area contributed by atoms with E-state index in [-0.39, 0.29) is 30.0 Å². The number of hydrogen-bond donors (Lipinski definition) is 1. The Kier molecular flexibility index (Phi) is 5.62. The summed E-state index contributed by atoms with van der Waals surface area (Å²) < 4.78 is 2.42. The molecule has 1 N–H and O–H groups in total. The summed E-state index contributed by atoms with van der Waals surface area (Å²) in [5, 5.41) is 3.74. The lowest BCUT2D eigenvalue weighted by molar-refractivity contribution is -0.131. The molecule has 28 heavy (non-hydrogen) atoms. The Morgan fingerprint density at radius 3 is 2.82 bits per heavy atom. The molecule has 0 saturated carbocycles. The average Bonchev–Trinajstić information content (AvgIpc) is 3.28. The summed E-state index contributed by atoms with van der Waals surface area (Å²) in [4.78, 5) is 39.1. The van der Waals surface area contributed by atoms with Gasteiger partial charge < -0.3 is 10.2 Å². The summed E-state index contributed by atoms with van der Waals surface area (Å²) in [6.07, 6.45) is 8.77. The van der Waals surface area contributed by atoms with E-state index in [1.54, 1.807) is 11.0 Å². The van der Waals surface area contributed by atoms with E-state index < -0.39 is 0 Å². The minimum Gasteiger partial charge on any atom is -0.352 e. The Labute approximate surface area is 168 Å².